The molecule has 1 aromatic carbocycles. The van der Waals surface area contributed by atoms with E-state index in [1.807, 2.05) is 44.2 Å². The minimum absolute atomic E-state index is 0.164. The van der Waals surface area contributed by atoms with Crippen LogP contribution in [0.1, 0.15) is 36.7 Å². The summed E-state index contributed by atoms with van der Waals surface area (Å²) < 4.78 is 1.63. The molecule has 22 heavy (non-hydrogen) atoms. The van der Waals surface area contributed by atoms with Gasteiger partial charge in [-0.3, -0.25) is 4.79 Å². The fourth-order valence-electron chi connectivity index (χ4n) is 2.00. The molecule has 0 saturated heterocycles. The molecule has 0 atom stereocenters. The Labute approximate surface area is 135 Å². The summed E-state index contributed by atoms with van der Waals surface area (Å²) in [6.45, 7) is 4.47. The quantitative estimate of drug-likeness (QED) is 0.657. The lowest BCUT2D eigenvalue weighted by molar-refractivity contribution is 0.0944. The standard InChI is InChI=1S/C16H19ClN4O/c1-3-5-8-11-18-16(22)15-19-14(4-2)21(20-15)13-10-7-6-9-12(13)17/h3,5-7,9-10H,4,8,11H2,1-2H3,(H,18,22)/b5-3+. The van der Waals surface area contributed by atoms with Crippen molar-refractivity contribution >= 4 is 17.5 Å². The molecule has 1 heterocycles. The van der Waals surface area contributed by atoms with Gasteiger partial charge in [0.1, 0.15) is 5.82 Å². The highest BCUT2D eigenvalue weighted by Crippen LogP contribution is 2.20. The van der Waals surface area contributed by atoms with Crippen molar-refractivity contribution in [2.24, 2.45) is 0 Å². The van der Waals surface area contributed by atoms with Crippen LogP contribution >= 0.6 is 11.6 Å². The van der Waals surface area contributed by atoms with E-state index >= 15 is 0 Å². The van der Waals surface area contributed by atoms with Crippen molar-refractivity contribution < 1.29 is 4.79 Å². The van der Waals surface area contributed by atoms with Crippen LogP contribution < -0.4 is 5.32 Å². The van der Waals surface area contributed by atoms with Crippen molar-refractivity contribution in [2.75, 3.05) is 6.54 Å². The van der Waals surface area contributed by atoms with Crippen LogP contribution in [0.2, 0.25) is 5.02 Å². The van der Waals surface area contributed by atoms with E-state index in [9.17, 15) is 4.79 Å². The van der Waals surface area contributed by atoms with Gasteiger partial charge in [-0.2, -0.15) is 0 Å². The molecule has 1 aromatic heterocycles. The van der Waals surface area contributed by atoms with Crippen LogP contribution in [0.3, 0.4) is 0 Å². The number of para-hydroxylation sites is 1. The van der Waals surface area contributed by atoms with Crippen LogP contribution in [0.5, 0.6) is 0 Å². The summed E-state index contributed by atoms with van der Waals surface area (Å²) in [6.07, 6.45) is 5.39. The van der Waals surface area contributed by atoms with E-state index in [4.69, 9.17) is 11.6 Å². The van der Waals surface area contributed by atoms with Gasteiger partial charge < -0.3 is 5.32 Å². The smallest absolute Gasteiger partial charge is 0.290 e. The zero-order valence-corrected chi connectivity index (χ0v) is 13.5. The lowest BCUT2D eigenvalue weighted by atomic mass is 10.3. The predicted octanol–water partition coefficient (Wildman–Crippen LogP) is 3.18. The Morgan fingerprint density at radius 3 is 2.86 bits per heavy atom. The molecule has 0 saturated carbocycles. The third-order valence-corrected chi connectivity index (χ3v) is 3.43. The fourth-order valence-corrected chi connectivity index (χ4v) is 2.22. The number of nitrogens with one attached hydrogen (secondary N) is 1. The Bertz CT molecular complexity index is 679. The highest BCUT2D eigenvalue weighted by atomic mass is 35.5. The molecule has 2 rings (SSSR count). The molecule has 1 N–H and O–H groups in total. The van der Waals surface area contributed by atoms with Crippen LogP contribution in [-0.4, -0.2) is 27.2 Å². The van der Waals surface area contributed by atoms with E-state index in [0.29, 0.717) is 23.8 Å². The lowest BCUT2D eigenvalue weighted by Gasteiger charge is -2.05. The number of halogens is 1. The van der Waals surface area contributed by atoms with Crippen LogP contribution in [-0.2, 0) is 6.42 Å². The molecule has 1 amide bonds. The van der Waals surface area contributed by atoms with Crippen LogP contribution in [0.4, 0.5) is 0 Å². The Balaban J connectivity index is 2.22. The maximum Gasteiger partial charge on any atom is 0.290 e. The van der Waals surface area contributed by atoms with Crippen molar-refractivity contribution in [3.05, 3.63) is 53.1 Å². The van der Waals surface area contributed by atoms with Crippen molar-refractivity contribution in [1.82, 2.24) is 20.1 Å². The van der Waals surface area contributed by atoms with Gasteiger partial charge in [0.25, 0.3) is 5.91 Å². The number of hydrogen-bond acceptors (Lipinski definition) is 3. The van der Waals surface area contributed by atoms with Gasteiger partial charge in [0.2, 0.25) is 5.82 Å². The number of benzene rings is 1. The van der Waals surface area contributed by atoms with Crippen molar-refractivity contribution in [3.63, 3.8) is 0 Å². The number of allylic oxidation sites excluding steroid dienone is 1. The SMILES string of the molecule is C/C=C/CCNC(=O)c1nc(CC)n(-c2ccccc2Cl)n1. The number of carbonyl (C=O) groups is 1. The third kappa shape index (κ3) is 3.74. The van der Waals surface area contributed by atoms with E-state index in [1.54, 1.807) is 10.7 Å². The summed E-state index contributed by atoms with van der Waals surface area (Å²) in [5, 5.41) is 7.68. The van der Waals surface area contributed by atoms with E-state index in [1.165, 1.54) is 0 Å². The second-order valence-electron chi connectivity index (χ2n) is 4.68. The first-order valence-electron chi connectivity index (χ1n) is 7.27. The molecular weight excluding hydrogens is 300 g/mol. The van der Waals surface area contributed by atoms with Gasteiger partial charge >= 0.3 is 0 Å². The Morgan fingerprint density at radius 2 is 2.18 bits per heavy atom. The first kappa shape index (κ1) is 16.2. The zero-order chi connectivity index (χ0) is 15.9. The highest BCUT2D eigenvalue weighted by Gasteiger charge is 2.17. The molecule has 2 aromatic rings. The summed E-state index contributed by atoms with van der Waals surface area (Å²) in [7, 11) is 0. The minimum Gasteiger partial charge on any atom is -0.349 e. The molecular formula is C16H19ClN4O. The number of nitrogens with zero attached hydrogens (tertiary/aromatic N) is 3. The van der Waals surface area contributed by atoms with E-state index < -0.39 is 0 Å². The molecule has 0 aliphatic heterocycles. The Hall–Kier alpha value is -2.14. The molecule has 0 fully saturated rings. The molecule has 0 spiro atoms. The summed E-state index contributed by atoms with van der Waals surface area (Å²) in [5.74, 6) is 0.592. The fraction of sp³-hybridized carbons (Fsp3) is 0.312. The second kappa shape index (κ2) is 7.75. The topological polar surface area (TPSA) is 59.8 Å². The molecule has 0 radical (unpaired) electrons. The summed E-state index contributed by atoms with van der Waals surface area (Å²) in [5.41, 5.74) is 0.724. The molecule has 0 unspecified atom stereocenters. The average Bonchev–Trinajstić information content (AvgIpc) is 2.96. The average molecular weight is 319 g/mol. The normalized spacial score (nSPS) is 11.0. The zero-order valence-electron chi connectivity index (χ0n) is 12.7. The lowest BCUT2D eigenvalue weighted by Crippen LogP contribution is -2.25. The predicted molar refractivity (Wildman–Crippen MR) is 87.5 cm³/mol. The number of aryl methyl sites for hydroxylation is 1. The van der Waals surface area contributed by atoms with Crippen molar-refractivity contribution in [1.29, 1.82) is 0 Å². The number of hydrogen-bond donors (Lipinski definition) is 1. The number of amides is 1. The minimum atomic E-state index is -0.273. The molecule has 5 nitrogen and oxygen atoms in total. The monoisotopic (exact) mass is 318 g/mol. The maximum atomic E-state index is 12.1. The maximum absolute atomic E-state index is 12.1. The first-order chi connectivity index (χ1) is 10.7. The van der Waals surface area contributed by atoms with Gasteiger partial charge in [-0.05, 0) is 25.5 Å². The van der Waals surface area contributed by atoms with Gasteiger partial charge in [0, 0.05) is 13.0 Å². The van der Waals surface area contributed by atoms with E-state index in [2.05, 4.69) is 15.4 Å². The summed E-state index contributed by atoms with van der Waals surface area (Å²) in [6, 6.07) is 7.36. The van der Waals surface area contributed by atoms with E-state index in [-0.39, 0.29) is 11.7 Å². The van der Waals surface area contributed by atoms with Gasteiger partial charge in [-0.1, -0.05) is 42.8 Å². The third-order valence-electron chi connectivity index (χ3n) is 3.11. The van der Waals surface area contributed by atoms with Gasteiger partial charge in [0.05, 0.1) is 10.7 Å². The molecule has 116 valence electrons. The Morgan fingerprint density at radius 1 is 1.41 bits per heavy atom. The summed E-state index contributed by atoms with van der Waals surface area (Å²) >= 11 is 6.20. The van der Waals surface area contributed by atoms with E-state index in [0.717, 1.165) is 12.1 Å². The largest absolute Gasteiger partial charge is 0.349 e. The second-order valence-corrected chi connectivity index (χ2v) is 5.09. The Kier molecular flexibility index (Phi) is 5.72. The molecule has 0 aliphatic rings. The van der Waals surface area contributed by atoms with Crippen molar-refractivity contribution in [3.8, 4) is 5.69 Å². The number of rotatable bonds is 6. The first-order valence-corrected chi connectivity index (χ1v) is 7.65. The molecule has 6 heteroatoms. The molecule has 0 bridgehead atoms. The van der Waals surface area contributed by atoms with Crippen molar-refractivity contribution in [2.45, 2.75) is 26.7 Å². The van der Waals surface area contributed by atoms with Crippen LogP contribution in [0.15, 0.2) is 36.4 Å². The van der Waals surface area contributed by atoms with Crippen LogP contribution in [0, 0.1) is 0 Å². The van der Waals surface area contributed by atoms with Gasteiger partial charge in [-0.25, -0.2) is 9.67 Å². The number of aromatic nitrogens is 3. The number of carbonyl (C=O) groups excluding carboxylic acids is 1. The van der Waals surface area contributed by atoms with Gasteiger partial charge in [-0.15, -0.1) is 5.10 Å². The highest BCUT2D eigenvalue weighted by molar-refractivity contribution is 6.32. The van der Waals surface area contributed by atoms with Gasteiger partial charge in [0.15, 0.2) is 0 Å². The summed E-state index contributed by atoms with van der Waals surface area (Å²) in [4.78, 5) is 16.4. The molecule has 0 aliphatic carbocycles. The van der Waals surface area contributed by atoms with Crippen LogP contribution in [0.25, 0.3) is 5.69 Å².